The lowest BCUT2D eigenvalue weighted by molar-refractivity contribution is -0.674. The molecule has 0 radical (unpaired) electrons. The molecule has 0 saturated carbocycles. The van der Waals surface area contributed by atoms with Gasteiger partial charge in [-0.25, -0.2) is 19.5 Å². The molecule has 1 amide bonds. The van der Waals surface area contributed by atoms with Gasteiger partial charge in [0.1, 0.15) is 19.2 Å². The lowest BCUT2D eigenvalue weighted by Crippen LogP contribution is -2.91. The number of benzene rings is 1. The molecule has 0 aliphatic carbocycles. The average molecular weight is 536 g/mol. The van der Waals surface area contributed by atoms with Gasteiger partial charge in [0, 0.05) is 6.54 Å². The maximum atomic E-state index is 12.8. The minimum atomic E-state index is -2.63. The molecule has 1 saturated heterocycles. The van der Waals surface area contributed by atoms with E-state index in [0.29, 0.717) is 6.54 Å². The Morgan fingerprint density at radius 1 is 1.21 bits per heavy atom. The van der Waals surface area contributed by atoms with Crippen LogP contribution in [0.3, 0.4) is 0 Å². The van der Waals surface area contributed by atoms with Crippen molar-refractivity contribution >= 4 is 24.0 Å². The van der Waals surface area contributed by atoms with Crippen molar-refractivity contribution in [1.29, 1.82) is 0 Å². The average Bonchev–Trinajstić information content (AvgIpc) is 3.32. The Hall–Kier alpha value is -3.58. The fraction of sp³-hybridized carbons (Fsp3) is 0.600. The van der Waals surface area contributed by atoms with Crippen LogP contribution in [0, 0.1) is 6.92 Å². The van der Waals surface area contributed by atoms with Crippen LogP contribution in [0.25, 0.3) is 0 Å². The molecule has 3 heterocycles. The van der Waals surface area contributed by atoms with E-state index in [-0.39, 0.29) is 38.1 Å². The monoisotopic (exact) mass is 535 g/mol. The molecule has 13 nitrogen and oxygen atoms in total. The van der Waals surface area contributed by atoms with Crippen LogP contribution in [-0.4, -0.2) is 88.1 Å². The Bertz CT molecular complexity index is 1090. The first kappa shape index (κ1) is 29.0. The highest BCUT2D eigenvalue weighted by Gasteiger charge is 2.79. The molecule has 1 spiro atoms. The first-order chi connectivity index (χ1) is 17.6. The molecular weight excluding hydrogens is 494 g/mol. The van der Waals surface area contributed by atoms with E-state index in [2.05, 4.69) is 27.9 Å². The molecule has 1 unspecified atom stereocenters. The number of esters is 1. The Balaban J connectivity index is 0.00000400. The number of rotatable bonds is 9. The zero-order valence-corrected chi connectivity index (χ0v) is 21.1. The lowest BCUT2D eigenvalue weighted by atomic mass is 9.86. The van der Waals surface area contributed by atoms with Crippen LogP contribution in [0.5, 0.6) is 0 Å². The van der Waals surface area contributed by atoms with Gasteiger partial charge in [0.05, 0.1) is 5.56 Å². The van der Waals surface area contributed by atoms with Gasteiger partial charge < -0.3 is 25.0 Å². The Labute approximate surface area is 222 Å². The number of unbranched alkanes of at least 4 members (excludes halogenated alkanes) is 3. The smallest absolute Gasteiger partial charge is 0.407 e. The normalized spacial score (nSPS) is 26.6. The Kier molecular flexibility index (Phi) is 8.72. The van der Waals surface area contributed by atoms with Crippen molar-refractivity contribution in [3.63, 3.8) is 0 Å². The van der Waals surface area contributed by atoms with Crippen LogP contribution in [0.15, 0.2) is 24.3 Å². The maximum absolute atomic E-state index is 12.8. The van der Waals surface area contributed by atoms with Gasteiger partial charge in [0.15, 0.2) is 12.1 Å². The van der Waals surface area contributed by atoms with Gasteiger partial charge in [-0.15, -0.1) is 0 Å². The number of ether oxygens (including phenoxy) is 2. The minimum absolute atomic E-state index is 0. The number of amides is 1. The number of aliphatic hydroxyl groups is 2. The van der Waals surface area contributed by atoms with E-state index in [1.807, 2.05) is 6.92 Å². The van der Waals surface area contributed by atoms with E-state index < -0.39 is 41.7 Å². The first-order valence-corrected chi connectivity index (χ1v) is 12.6. The van der Waals surface area contributed by atoms with Gasteiger partial charge in [-0.05, 0) is 25.5 Å². The summed E-state index contributed by atoms with van der Waals surface area (Å²) in [4.78, 5) is 28.0. The van der Waals surface area contributed by atoms with Crippen molar-refractivity contribution in [3.8, 4) is 0 Å². The van der Waals surface area contributed by atoms with Gasteiger partial charge in [0.25, 0.3) is 5.79 Å². The number of alkyl carbamates (subject to hydrolysis) is 1. The summed E-state index contributed by atoms with van der Waals surface area (Å²) < 4.78 is 12.4. The van der Waals surface area contributed by atoms with E-state index >= 15 is 0 Å². The standard InChI is InChI=1S/C24H35N7O6.CH4/c1-3-4-5-6-11-27-22(33)36-13-16-18-23(30-20(25)29-18)24(34,35)17(12-31(23)21(26)28-16)37-19(32)15-9-7-14(2)8-10-15;/h7-10,16-18,34-35H,3-6,11-13H2,1-2H3,(H6,25,26,27,28,29,30,33);1H4/p+2/t16-,17-,18-,23?;/m0./s1. The molecule has 1 aromatic rings. The van der Waals surface area contributed by atoms with E-state index in [1.54, 1.807) is 24.3 Å². The maximum Gasteiger partial charge on any atom is 0.407 e. The summed E-state index contributed by atoms with van der Waals surface area (Å²) >= 11 is 0. The fourth-order valence-corrected chi connectivity index (χ4v) is 5.16. The molecule has 1 aromatic carbocycles. The Morgan fingerprint density at radius 3 is 2.61 bits per heavy atom. The molecule has 3 aliphatic rings. The third-order valence-corrected chi connectivity index (χ3v) is 7.13. The highest BCUT2D eigenvalue weighted by atomic mass is 16.6. The lowest BCUT2D eigenvalue weighted by Gasteiger charge is -2.40. The van der Waals surface area contributed by atoms with Crippen LogP contribution in [0.1, 0.15) is 56.0 Å². The zero-order chi connectivity index (χ0) is 26.8. The number of nitrogens with zero attached hydrogens (tertiary/aromatic N) is 1. The molecule has 38 heavy (non-hydrogen) atoms. The summed E-state index contributed by atoms with van der Waals surface area (Å²) in [5.74, 6) is -3.20. The molecule has 4 atom stereocenters. The van der Waals surface area contributed by atoms with Gasteiger partial charge in [-0.1, -0.05) is 51.3 Å². The molecule has 13 heteroatoms. The highest BCUT2D eigenvalue weighted by molar-refractivity contribution is 5.89. The van der Waals surface area contributed by atoms with Crippen LogP contribution in [-0.2, 0) is 9.47 Å². The van der Waals surface area contributed by atoms with Crippen LogP contribution < -0.4 is 32.4 Å². The highest BCUT2D eigenvalue weighted by Crippen LogP contribution is 2.39. The predicted molar refractivity (Wildman–Crippen MR) is 139 cm³/mol. The number of hydrogen-bond donors (Lipinski definition) is 8. The van der Waals surface area contributed by atoms with Crippen LogP contribution >= 0.6 is 0 Å². The van der Waals surface area contributed by atoms with Gasteiger partial charge in [-0.2, -0.15) is 0 Å². The molecule has 4 rings (SSSR count). The van der Waals surface area contributed by atoms with Gasteiger partial charge in [0.2, 0.25) is 0 Å². The number of carbonyl (C=O) groups excluding carboxylic acids is 2. The summed E-state index contributed by atoms with van der Waals surface area (Å²) in [6, 6.07) is 5.20. The van der Waals surface area contributed by atoms with Crippen molar-refractivity contribution < 1.29 is 38.8 Å². The molecule has 1 fully saturated rings. The van der Waals surface area contributed by atoms with Gasteiger partial charge in [-0.3, -0.25) is 21.8 Å². The largest absolute Gasteiger partial charge is 0.449 e. The van der Waals surface area contributed by atoms with Crippen molar-refractivity contribution in [1.82, 2.24) is 16.0 Å². The quantitative estimate of drug-likeness (QED) is 0.0725. The van der Waals surface area contributed by atoms with E-state index in [1.165, 1.54) is 4.58 Å². The van der Waals surface area contributed by atoms with Crippen LogP contribution in [0.2, 0.25) is 0 Å². The van der Waals surface area contributed by atoms with Crippen molar-refractivity contribution in [2.24, 2.45) is 11.5 Å². The number of carbonyl (C=O) groups is 2. The van der Waals surface area contributed by atoms with Crippen molar-refractivity contribution in [2.75, 3.05) is 19.7 Å². The molecular formula is C25H41N7O6+2. The second-order valence-corrected chi connectivity index (χ2v) is 9.75. The third kappa shape index (κ3) is 5.20. The van der Waals surface area contributed by atoms with E-state index in [0.717, 1.165) is 31.2 Å². The number of nitrogens with one attached hydrogen (secondary N) is 4. The molecule has 0 bridgehead atoms. The SMILES string of the molecule is C.CCCCCCNC(=O)OC[C@@H]1NC(N)=[N+]2C[C@H](OC(=O)c3ccc(C)cc3)C(O)(O)C23NC(N)=[NH+][C@@H]13. The molecule has 0 aromatic heterocycles. The van der Waals surface area contributed by atoms with Crippen molar-refractivity contribution in [3.05, 3.63) is 35.4 Å². The van der Waals surface area contributed by atoms with E-state index in [4.69, 9.17) is 20.9 Å². The summed E-state index contributed by atoms with van der Waals surface area (Å²) in [5, 5.41) is 31.5. The fourth-order valence-electron chi connectivity index (χ4n) is 5.16. The van der Waals surface area contributed by atoms with Crippen LogP contribution in [0.4, 0.5) is 4.79 Å². The number of aryl methyl sites for hydroxylation is 1. The topological polar surface area (TPSA) is 198 Å². The summed E-state index contributed by atoms with van der Waals surface area (Å²) in [5.41, 5.74) is 11.8. The second-order valence-electron chi connectivity index (χ2n) is 9.75. The summed E-state index contributed by atoms with van der Waals surface area (Å²) in [6.07, 6.45) is 2.09. The summed E-state index contributed by atoms with van der Waals surface area (Å²) in [6.45, 7) is 4.22. The van der Waals surface area contributed by atoms with E-state index in [9.17, 15) is 19.8 Å². The number of guanidine groups is 2. The first-order valence-electron chi connectivity index (χ1n) is 12.6. The van der Waals surface area contributed by atoms with Gasteiger partial charge >= 0.3 is 29.6 Å². The zero-order valence-electron chi connectivity index (χ0n) is 21.1. The van der Waals surface area contributed by atoms with Crippen molar-refractivity contribution in [2.45, 2.75) is 76.6 Å². The summed E-state index contributed by atoms with van der Waals surface area (Å²) in [7, 11) is 0. The molecule has 210 valence electrons. The minimum Gasteiger partial charge on any atom is -0.449 e. The second kappa shape index (κ2) is 11.4. The third-order valence-electron chi connectivity index (χ3n) is 7.13. The predicted octanol–water partition coefficient (Wildman–Crippen LogP) is -2.48. The molecule has 10 N–H and O–H groups in total. The Morgan fingerprint density at radius 2 is 1.92 bits per heavy atom. The molecule has 3 aliphatic heterocycles. The number of hydrogen-bond acceptors (Lipinski definition) is 10. The number of nitrogens with two attached hydrogens (primary N) is 2.